The summed E-state index contributed by atoms with van der Waals surface area (Å²) >= 11 is 0. The fourth-order valence-corrected chi connectivity index (χ4v) is 4.09. The van der Waals surface area contributed by atoms with Crippen LogP contribution in [0.3, 0.4) is 0 Å². The zero-order chi connectivity index (χ0) is 19.9. The number of hydrogen-bond acceptors (Lipinski definition) is 3. The van der Waals surface area contributed by atoms with Gasteiger partial charge >= 0.3 is 0 Å². The number of benzene rings is 1. The van der Waals surface area contributed by atoms with Crippen LogP contribution in [-0.2, 0) is 9.59 Å². The smallest absolute Gasteiger partial charge is 0.253 e. The third-order valence-corrected chi connectivity index (χ3v) is 5.67. The molecule has 2 fully saturated rings. The molecule has 1 aromatic carbocycles. The number of hydrogen-bond donors (Lipinski definition) is 2. The molecule has 3 rings (SSSR count). The summed E-state index contributed by atoms with van der Waals surface area (Å²) in [6, 6.07) is 7.32. The number of nitrogens with zero attached hydrogens (tertiary/aromatic N) is 1. The van der Waals surface area contributed by atoms with Crippen molar-refractivity contribution in [1.82, 2.24) is 10.2 Å². The summed E-state index contributed by atoms with van der Waals surface area (Å²) in [5.41, 5.74) is 1.29. The number of likely N-dealkylation sites (tertiary alicyclic amines) is 1. The van der Waals surface area contributed by atoms with E-state index < -0.39 is 0 Å². The van der Waals surface area contributed by atoms with Crippen molar-refractivity contribution in [3.8, 4) is 0 Å². The van der Waals surface area contributed by atoms with E-state index in [2.05, 4.69) is 10.6 Å². The second-order valence-corrected chi connectivity index (χ2v) is 7.96. The average molecular weight is 386 g/mol. The van der Waals surface area contributed by atoms with Gasteiger partial charge in [0.15, 0.2) is 0 Å². The minimum atomic E-state index is -0.120. The maximum absolute atomic E-state index is 12.9. The Hall–Kier alpha value is -2.37. The van der Waals surface area contributed by atoms with Crippen molar-refractivity contribution in [2.75, 3.05) is 18.4 Å². The van der Waals surface area contributed by atoms with Gasteiger partial charge in [0, 0.05) is 36.8 Å². The van der Waals surface area contributed by atoms with Crippen LogP contribution in [0.4, 0.5) is 5.69 Å². The molecule has 2 N–H and O–H groups in total. The summed E-state index contributed by atoms with van der Waals surface area (Å²) in [4.78, 5) is 38.9. The Balaban J connectivity index is 1.55. The van der Waals surface area contributed by atoms with Crippen LogP contribution in [0, 0.1) is 5.92 Å². The van der Waals surface area contributed by atoms with Crippen LogP contribution in [0.5, 0.6) is 0 Å². The molecule has 1 saturated carbocycles. The predicted molar refractivity (Wildman–Crippen MR) is 109 cm³/mol. The summed E-state index contributed by atoms with van der Waals surface area (Å²) in [6.45, 7) is 3.12. The summed E-state index contributed by atoms with van der Waals surface area (Å²) in [7, 11) is 0. The second-order valence-electron chi connectivity index (χ2n) is 7.96. The number of rotatable bonds is 6. The van der Waals surface area contributed by atoms with Gasteiger partial charge in [0.2, 0.25) is 11.8 Å². The number of piperidine rings is 1. The molecule has 28 heavy (non-hydrogen) atoms. The van der Waals surface area contributed by atoms with E-state index in [0.29, 0.717) is 36.8 Å². The van der Waals surface area contributed by atoms with Crippen LogP contribution in [-0.4, -0.2) is 41.8 Å². The Labute approximate surface area is 167 Å². The van der Waals surface area contributed by atoms with Crippen LogP contribution < -0.4 is 10.6 Å². The molecule has 0 aromatic heterocycles. The van der Waals surface area contributed by atoms with Gasteiger partial charge in [-0.25, -0.2) is 0 Å². The zero-order valence-electron chi connectivity index (χ0n) is 16.7. The van der Waals surface area contributed by atoms with Crippen LogP contribution in [0.2, 0.25) is 0 Å². The molecule has 1 saturated heterocycles. The Morgan fingerprint density at radius 1 is 1.04 bits per heavy atom. The molecule has 1 aromatic rings. The summed E-state index contributed by atoms with van der Waals surface area (Å²) < 4.78 is 0. The molecule has 6 heteroatoms. The molecule has 0 unspecified atom stereocenters. The highest BCUT2D eigenvalue weighted by atomic mass is 16.2. The first kappa shape index (κ1) is 20.4. The van der Waals surface area contributed by atoms with E-state index >= 15 is 0 Å². The standard InChI is InChI=1S/C22H31N3O3/c1-2-6-20(26)23-19-12-10-16(11-13-19)22(28)25-14-5-7-17(15-25)21(27)24-18-8-3-4-9-18/h10-13,17-18H,2-9,14-15H2,1H3,(H,23,26)(H,24,27)/t17-/m0/s1. The monoisotopic (exact) mass is 385 g/mol. The molecule has 0 radical (unpaired) electrons. The lowest BCUT2D eigenvalue weighted by atomic mass is 9.96. The van der Waals surface area contributed by atoms with E-state index in [-0.39, 0.29) is 23.6 Å². The SMILES string of the molecule is CCCC(=O)Nc1ccc(C(=O)N2CCC[C@H](C(=O)NC3CCCC3)C2)cc1. The molecule has 0 spiro atoms. The van der Waals surface area contributed by atoms with E-state index in [4.69, 9.17) is 0 Å². The minimum absolute atomic E-state index is 0.0197. The van der Waals surface area contributed by atoms with Crippen LogP contribution >= 0.6 is 0 Å². The predicted octanol–water partition coefficient (Wildman–Crippen LogP) is 3.34. The first-order chi connectivity index (χ1) is 13.6. The molecule has 2 aliphatic rings. The van der Waals surface area contributed by atoms with E-state index in [9.17, 15) is 14.4 Å². The quantitative estimate of drug-likeness (QED) is 0.788. The maximum Gasteiger partial charge on any atom is 0.253 e. The summed E-state index contributed by atoms with van der Waals surface area (Å²) in [6.07, 6.45) is 7.49. The minimum Gasteiger partial charge on any atom is -0.353 e. The van der Waals surface area contributed by atoms with Crippen molar-refractivity contribution >= 4 is 23.4 Å². The van der Waals surface area contributed by atoms with E-state index in [1.54, 1.807) is 29.2 Å². The number of carbonyl (C=O) groups excluding carboxylic acids is 3. The number of nitrogens with one attached hydrogen (secondary N) is 2. The molecular formula is C22H31N3O3. The first-order valence-electron chi connectivity index (χ1n) is 10.6. The van der Waals surface area contributed by atoms with Crippen LogP contribution in [0.25, 0.3) is 0 Å². The lowest BCUT2D eigenvalue weighted by Gasteiger charge is -2.32. The highest BCUT2D eigenvalue weighted by Crippen LogP contribution is 2.22. The topological polar surface area (TPSA) is 78.5 Å². The van der Waals surface area contributed by atoms with Crippen molar-refractivity contribution in [1.29, 1.82) is 0 Å². The number of amides is 3. The third-order valence-electron chi connectivity index (χ3n) is 5.67. The van der Waals surface area contributed by atoms with Gasteiger partial charge in [-0.3, -0.25) is 14.4 Å². The van der Waals surface area contributed by atoms with Gasteiger partial charge in [-0.05, 0) is 56.4 Å². The molecule has 1 atom stereocenters. The number of carbonyl (C=O) groups is 3. The molecule has 6 nitrogen and oxygen atoms in total. The van der Waals surface area contributed by atoms with Gasteiger partial charge < -0.3 is 15.5 Å². The fraction of sp³-hybridized carbons (Fsp3) is 0.591. The average Bonchev–Trinajstić information content (AvgIpc) is 3.21. The molecule has 152 valence electrons. The maximum atomic E-state index is 12.9. The fourth-order valence-electron chi connectivity index (χ4n) is 4.09. The van der Waals surface area contributed by atoms with Crippen LogP contribution in [0.1, 0.15) is 68.6 Å². The molecule has 0 bridgehead atoms. The lowest BCUT2D eigenvalue weighted by molar-refractivity contribution is -0.127. The van der Waals surface area contributed by atoms with Gasteiger partial charge in [0.25, 0.3) is 5.91 Å². The lowest BCUT2D eigenvalue weighted by Crippen LogP contribution is -2.47. The molecule has 1 aliphatic heterocycles. The molecule has 3 amide bonds. The third kappa shape index (κ3) is 5.33. The van der Waals surface area contributed by atoms with Crippen molar-refractivity contribution in [2.24, 2.45) is 5.92 Å². The zero-order valence-corrected chi connectivity index (χ0v) is 16.7. The van der Waals surface area contributed by atoms with E-state index in [0.717, 1.165) is 32.1 Å². The van der Waals surface area contributed by atoms with Gasteiger partial charge in [-0.2, -0.15) is 0 Å². The van der Waals surface area contributed by atoms with Gasteiger partial charge in [-0.15, -0.1) is 0 Å². The molecule has 1 aliphatic carbocycles. The first-order valence-corrected chi connectivity index (χ1v) is 10.6. The van der Waals surface area contributed by atoms with Gasteiger partial charge in [0.05, 0.1) is 5.92 Å². The normalized spacial score (nSPS) is 20.0. The molecule has 1 heterocycles. The van der Waals surface area contributed by atoms with Crippen molar-refractivity contribution < 1.29 is 14.4 Å². The Morgan fingerprint density at radius 3 is 2.43 bits per heavy atom. The van der Waals surface area contributed by atoms with Crippen LogP contribution in [0.15, 0.2) is 24.3 Å². The number of anilines is 1. The molecular weight excluding hydrogens is 354 g/mol. The van der Waals surface area contributed by atoms with E-state index in [1.807, 2.05) is 6.92 Å². The van der Waals surface area contributed by atoms with Gasteiger partial charge in [-0.1, -0.05) is 19.8 Å². The highest BCUT2D eigenvalue weighted by molar-refractivity contribution is 5.96. The second kappa shape index (κ2) is 9.71. The van der Waals surface area contributed by atoms with Crippen molar-refractivity contribution in [3.05, 3.63) is 29.8 Å². The highest BCUT2D eigenvalue weighted by Gasteiger charge is 2.30. The Morgan fingerprint density at radius 2 is 1.75 bits per heavy atom. The largest absolute Gasteiger partial charge is 0.353 e. The Bertz CT molecular complexity index is 695. The van der Waals surface area contributed by atoms with Gasteiger partial charge in [0.1, 0.15) is 0 Å². The van der Waals surface area contributed by atoms with E-state index in [1.165, 1.54) is 12.8 Å². The summed E-state index contributed by atoms with van der Waals surface area (Å²) in [5.74, 6) is -0.0946. The Kier molecular flexibility index (Phi) is 7.06. The van der Waals surface area contributed by atoms with Crippen molar-refractivity contribution in [3.63, 3.8) is 0 Å². The van der Waals surface area contributed by atoms with Crippen molar-refractivity contribution in [2.45, 2.75) is 64.3 Å². The summed E-state index contributed by atoms with van der Waals surface area (Å²) in [5, 5.41) is 5.99.